The molecule has 3 rings (SSSR count). The van der Waals surface area contributed by atoms with E-state index in [1.54, 1.807) is 0 Å². The molecule has 0 aliphatic carbocycles. The number of aldehydes is 2. The van der Waals surface area contributed by atoms with E-state index in [0.29, 0.717) is 18.0 Å². The highest BCUT2D eigenvalue weighted by Crippen LogP contribution is 2.43. The van der Waals surface area contributed by atoms with Crippen molar-refractivity contribution in [3.05, 3.63) is 28.8 Å². The lowest BCUT2D eigenvalue weighted by molar-refractivity contribution is -0.120. The molecular formula is C44H80N2O5. The number of carbonyl (C=O) groups excluding carboxylic acids is 2. The monoisotopic (exact) mass is 717 g/mol. The van der Waals surface area contributed by atoms with Crippen molar-refractivity contribution >= 4 is 12.6 Å². The lowest BCUT2D eigenvalue weighted by atomic mass is 9.74. The Morgan fingerprint density at radius 3 is 1.27 bits per heavy atom. The van der Waals surface area contributed by atoms with E-state index < -0.39 is 5.92 Å². The molecule has 0 amide bonds. The number of piperidine rings is 2. The molecule has 2 aliphatic rings. The fourth-order valence-electron chi connectivity index (χ4n) is 8.13. The molecule has 7 nitrogen and oxygen atoms in total. The normalized spacial score (nSPS) is 21.6. The van der Waals surface area contributed by atoms with E-state index in [0.717, 1.165) is 74.2 Å². The van der Waals surface area contributed by atoms with Gasteiger partial charge in [-0.05, 0) is 129 Å². The number of benzene rings is 1. The Hall–Kier alpha value is -1.80. The first-order chi connectivity index (χ1) is 23.1. The first kappa shape index (κ1) is 47.2. The number of likely N-dealkylation sites (tertiary alicyclic amines) is 2. The molecule has 1 N–H and O–H groups in total. The van der Waals surface area contributed by atoms with Crippen molar-refractivity contribution in [2.45, 2.75) is 200 Å². The molecule has 0 spiro atoms. The molecule has 2 saturated heterocycles. The number of hydrogen-bond acceptors (Lipinski definition) is 7. The second-order valence-electron chi connectivity index (χ2n) is 20.0. The predicted molar refractivity (Wildman–Crippen MR) is 215 cm³/mol. The number of hydrogen-bond donors (Lipinski definition) is 1. The van der Waals surface area contributed by atoms with Gasteiger partial charge in [0.2, 0.25) is 0 Å². The Kier molecular flexibility index (Phi) is 16.7. The van der Waals surface area contributed by atoms with Crippen molar-refractivity contribution in [3.8, 4) is 5.75 Å². The van der Waals surface area contributed by atoms with E-state index in [-0.39, 0.29) is 38.9 Å². The van der Waals surface area contributed by atoms with Crippen molar-refractivity contribution in [2.24, 2.45) is 5.92 Å². The molecular weight excluding hydrogens is 636 g/mol. The van der Waals surface area contributed by atoms with Gasteiger partial charge in [-0.2, -0.15) is 0 Å². The van der Waals surface area contributed by atoms with E-state index in [1.807, 2.05) is 26.4 Å². The van der Waals surface area contributed by atoms with Gasteiger partial charge >= 0.3 is 0 Å². The number of unbranched alkanes of at least 4 members (excludes halogenated alkanes) is 1. The van der Waals surface area contributed by atoms with Crippen LogP contribution in [0.2, 0.25) is 0 Å². The van der Waals surface area contributed by atoms with Crippen molar-refractivity contribution in [2.75, 3.05) is 28.3 Å². The number of aromatic hydroxyl groups is 1. The Bertz CT molecular complexity index is 1130. The van der Waals surface area contributed by atoms with Crippen LogP contribution in [-0.2, 0) is 29.9 Å². The zero-order valence-corrected chi connectivity index (χ0v) is 36.5. The number of phenolic OH excluding ortho intramolecular Hbond substituents is 1. The number of nitrogens with zero attached hydrogens (tertiary/aromatic N) is 2. The summed E-state index contributed by atoms with van der Waals surface area (Å²) in [5, 5.41) is 10.9. The number of carbonyl (C=O) groups is 2. The lowest BCUT2D eigenvalue weighted by Gasteiger charge is -2.53. The maximum absolute atomic E-state index is 11.5. The van der Waals surface area contributed by atoms with Crippen LogP contribution in [-0.4, -0.2) is 90.2 Å². The van der Waals surface area contributed by atoms with Crippen molar-refractivity contribution in [3.63, 3.8) is 0 Å². The van der Waals surface area contributed by atoms with Crippen LogP contribution in [0.5, 0.6) is 5.75 Å². The lowest BCUT2D eigenvalue weighted by Crippen LogP contribution is -2.60. The van der Waals surface area contributed by atoms with Gasteiger partial charge in [-0.15, -0.1) is 0 Å². The molecule has 2 aliphatic heterocycles. The van der Waals surface area contributed by atoms with Gasteiger partial charge in [0.15, 0.2) is 0 Å². The summed E-state index contributed by atoms with van der Waals surface area (Å²) in [7, 11) is 8.07. The van der Waals surface area contributed by atoms with Gasteiger partial charge in [0, 0.05) is 42.3 Å². The zero-order chi connectivity index (χ0) is 40.0. The molecule has 1 atom stereocenters. The van der Waals surface area contributed by atoms with Gasteiger partial charge in [-0.25, -0.2) is 0 Å². The summed E-state index contributed by atoms with van der Waals surface area (Å²) < 4.78 is 11.0. The highest BCUT2D eigenvalue weighted by molar-refractivity contribution is 5.79. The molecule has 1 aromatic carbocycles. The molecule has 0 bridgehead atoms. The standard InChI is InChI=1S/C22H34O3.2C11H23NO/c1-8-9-10-17(16(13-23)14-24)15-11-18(21(2,3)4)20(25)19(12-15)22(5,6)7;2*1-10(2)7-9(13-6)8-11(3,4)12(10)5/h11-14,16-17,25H,8-10H2,1-7H3;2*9H,7-8H2,1-6H3. The molecule has 51 heavy (non-hydrogen) atoms. The number of methoxy groups -OCH3 is 2. The minimum absolute atomic E-state index is 0.141. The molecule has 0 radical (unpaired) electrons. The van der Waals surface area contributed by atoms with Gasteiger partial charge in [-0.1, -0.05) is 73.4 Å². The first-order valence-corrected chi connectivity index (χ1v) is 19.4. The maximum atomic E-state index is 11.5. The summed E-state index contributed by atoms with van der Waals surface area (Å²) in [6.07, 6.45) is 9.62. The average molecular weight is 717 g/mol. The predicted octanol–water partition coefficient (Wildman–Crippen LogP) is 9.84. The Morgan fingerprint density at radius 1 is 0.725 bits per heavy atom. The maximum Gasteiger partial charge on any atom is 0.130 e. The molecule has 1 unspecified atom stereocenters. The van der Waals surface area contributed by atoms with Gasteiger partial charge < -0.3 is 24.2 Å². The van der Waals surface area contributed by atoms with Crippen molar-refractivity contribution in [1.29, 1.82) is 0 Å². The van der Waals surface area contributed by atoms with E-state index in [2.05, 4.69) is 128 Å². The molecule has 2 heterocycles. The van der Waals surface area contributed by atoms with Crippen LogP contribution in [0.3, 0.4) is 0 Å². The molecule has 0 saturated carbocycles. The zero-order valence-electron chi connectivity index (χ0n) is 36.5. The number of rotatable bonds is 9. The van der Waals surface area contributed by atoms with Gasteiger partial charge in [0.05, 0.1) is 18.1 Å². The van der Waals surface area contributed by atoms with E-state index >= 15 is 0 Å². The Morgan fingerprint density at radius 2 is 1.04 bits per heavy atom. The first-order valence-electron chi connectivity index (χ1n) is 19.4. The third kappa shape index (κ3) is 12.6. The second-order valence-corrected chi connectivity index (χ2v) is 20.0. The summed E-state index contributed by atoms with van der Waals surface area (Å²) in [6.45, 7) is 32.8. The summed E-state index contributed by atoms with van der Waals surface area (Å²) >= 11 is 0. The fourth-order valence-corrected chi connectivity index (χ4v) is 8.13. The van der Waals surface area contributed by atoms with Gasteiger partial charge in [0.1, 0.15) is 18.3 Å². The minimum Gasteiger partial charge on any atom is -0.507 e. The average Bonchev–Trinajstić information content (AvgIpc) is 2.99. The number of phenols is 1. The summed E-state index contributed by atoms with van der Waals surface area (Å²) in [5.41, 5.74) is 3.26. The van der Waals surface area contributed by atoms with Crippen molar-refractivity contribution in [1.82, 2.24) is 9.80 Å². The summed E-state index contributed by atoms with van der Waals surface area (Å²) in [6, 6.07) is 3.98. The van der Waals surface area contributed by atoms with Gasteiger partial charge in [-0.3, -0.25) is 9.80 Å². The third-order valence-electron chi connectivity index (χ3n) is 12.0. The smallest absolute Gasteiger partial charge is 0.130 e. The van der Waals surface area contributed by atoms with Gasteiger partial charge in [0.25, 0.3) is 0 Å². The third-order valence-corrected chi connectivity index (χ3v) is 12.0. The molecule has 2 fully saturated rings. The highest BCUT2D eigenvalue weighted by Gasteiger charge is 2.44. The molecule has 1 aromatic rings. The van der Waals surface area contributed by atoms with Crippen LogP contribution in [0.25, 0.3) is 0 Å². The fraction of sp³-hybridized carbons (Fsp3) is 0.818. The van der Waals surface area contributed by atoms with E-state index in [1.165, 1.54) is 0 Å². The van der Waals surface area contributed by atoms with Crippen LogP contribution in [0.4, 0.5) is 0 Å². The largest absolute Gasteiger partial charge is 0.507 e. The quantitative estimate of drug-likeness (QED) is 0.201. The minimum atomic E-state index is -0.642. The SMILES string of the molecule is CCCCC(c1cc(C(C)(C)C)c(O)c(C(C)(C)C)c1)C(C=O)C=O.COC1CC(C)(C)N(C)C(C)(C)C1.COC1CC(C)(C)N(C)C(C)(C)C1. The highest BCUT2D eigenvalue weighted by atomic mass is 16.5. The van der Waals surface area contributed by atoms with Crippen LogP contribution in [0.1, 0.15) is 171 Å². The molecule has 0 aromatic heterocycles. The number of ether oxygens (including phenoxy) is 2. The Balaban J connectivity index is 0.000000420. The summed E-state index contributed by atoms with van der Waals surface area (Å²) in [4.78, 5) is 27.9. The Labute approximate surface area is 314 Å². The van der Waals surface area contributed by atoms with Crippen LogP contribution in [0.15, 0.2) is 12.1 Å². The summed E-state index contributed by atoms with van der Waals surface area (Å²) in [5.74, 6) is -0.457. The van der Waals surface area contributed by atoms with Crippen LogP contribution < -0.4 is 0 Å². The van der Waals surface area contributed by atoms with Crippen LogP contribution >= 0.6 is 0 Å². The topological polar surface area (TPSA) is 79.3 Å². The van der Waals surface area contributed by atoms with Crippen molar-refractivity contribution < 1.29 is 24.2 Å². The molecule has 7 heteroatoms. The molecule has 296 valence electrons. The second kappa shape index (κ2) is 18.0. The van der Waals surface area contributed by atoms with E-state index in [4.69, 9.17) is 9.47 Å². The van der Waals surface area contributed by atoms with Crippen LogP contribution in [0, 0.1) is 5.92 Å². The van der Waals surface area contributed by atoms with E-state index in [9.17, 15) is 14.7 Å².